The summed E-state index contributed by atoms with van der Waals surface area (Å²) in [4.78, 5) is 0. The lowest BCUT2D eigenvalue weighted by molar-refractivity contribution is 0.486. The first-order chi connectivity index (χ1) is 10.6. The minimum absolute atomic E-state index is 0.0840. The normalized spacial score (nSPS) is 17.2. The standard InChI is InChI=1S/C20H24FN/c1-14-8-9-18(12-20(14)21)19(17-10-11-17)13-22-15(2)16-6-4-3-5-7-16/h3-9,12,15,17,19,22H,10-11,13H2,1-2H3/t15-,19-/m0/s1. The molecule has 0 bridgehead atoms. The van der Waals surface area contributed by atoms with Crippen LogP contribution < -0.4 is 5.32 Å². The predicted molar refractivity (Wildman–Crippen MR) is 89.5 cm³/mol. The molecule has 2 heteroatoms. The van der Waals surface area contributed by atoms with Gasteiger partial charge in [0.1, 0.15) is 5.82 Å². The molecule has 116 valence electrons. The Morgan fingerprint density at radius 2 is 1.82 bits per heavy atom. The molecule has 1 aliphatic carbocycles. The van der Waals surface area contributed by atoms with Gasteiger partial charge in [-0.25, -0.2) is 4.39 Å². The van der Waals surface area contributed by atoms with Gasteiger partial charge in [0.05, 0.1) is 0 Å². The van der Waals surface area contributed by atoms with Crippen LogP contribution in [-0.4, -0.2) is 6.54 Å². The lowest BCUT2D eigenvalue weighted by Gasteiger charge is -2.22. The van der Waals surface area contributed by atoms with Crippen LogP contribution in [0.5, 0.6) is 0 Å². The van der Waals surface area contributed by atoms with Crippen molar-refractivity contribution in [2.75, 3.05) is 6.54 Å². The van der Waals surface area contributed by atoms with Crippen LogP contribution in [0.2, 0.25) is 0 Å². The van der Waals surface area contributed by atoms with Crippen LogP contribution in [0.25, 0.3) is 0 Å². The molecule has 1 nitrogen and oxygen atoms in total. The third-order valence-corrected chi connectivity index (χ3v) is 4.76. The smallest absolute Gasteiger partial charge is 0.126 e. The third kappa shape index (κ3) is 3.56. The Labute approximate surface area is 132 Å². The van der Waals surface area contributed by atoms with Crippen molar-refractivity contribution in [1.82, 2.24) is 5.32 Å². The predicted octanol–water partition coefficient (Wildman–Crippen LogP) is 4.98. The number of benzene rings is 2. The van der Waals surface area contributed by atoms with Gasteiger partial charge in [0, 0.05) is 12.6 Å². The molecular formula is C20H24FN. The summed E-state index contributed by atoms with van der Waals surface area (Å²) in [6, 6.07) is 16.5. The summed E-state index contributed by atoms with van der Waals surface area (Å²) in [5.74, 6) is 1.04. The fourth-order valence-corrected chi connectivity index (χ4v) is 3.06. The molecular weight excluding hydrogens is 273 g/mol. The highest BCUT2D eigenvalue weighted by molar-refractivity contribution is 5.28. The van der Waals surface area contributed by atoms with Crippen molar-refractivity contribution >= 4 is 0 Å². The van der Waals surface area contributed by atoms with Crippen molar-refractivity contribution in [2.45, 2.75) is 38.6 Å². The topological polar surface area (TPSA) is 12.0 Å². The zero-order chi connectivity index (χ0) is 15.5. The highest BCUT2D eigenvalue weighted by Gasteiger charge is 2.32. The molecule has 0 saturated heterocycles. The second kappa shape index (κ2) is 6.62. The Morgan fingerprint density at radius 3 is 2.45 bits per heavy atom. The quantitative estimate of drug-likeness (QED) is 0.793. The van der Waals surface area contributed by atoms with Gasteiger partial charge in [-0.05, 0) is 61.3 Å². The minimum Gasteiger partial charge on any atom is -0.310 e. The number of hydrogen-bond acceptors (Lipinski definition) is 1. The summed E-state index contributed by atoms with van der Waals surface area (Å²) in [6.07, 6.45) is 2.53. The van der Waals surface area contributed by atoms with Gasteiger partial charge in [-0.3, -0.25) is 0 Å². The molecule has 2 atom stereocenters. The molecule has 0 aromatic heterocycles. The Morgan fingerprint density at radius 1 is 1.09 bits per heavy atom. The zero-order valence-electron chi connectivity index (χ0n) is 13.4. The van der Waals surface area contributed by atoms with Gasteiger partial charge in [-0.2, -0.15) is 0 Å². The Balaban J connectivity index is 1.68. The van der Waals surface area contributed by atoms with Gasteiger partial charge < -0.3 is 5.32 Å². The average Bonchev–Trinajstić information content (AvgIpc) is 3.36. The van der Waals surface area contributed by atoms with Crippen molar-refractivity contribution in [2.24, 2.45) is 5.92 Å². The molecule has 3 rings (SSSR count). The van der Waals surface area contributed by atoms with E-state index in [1.165, 1.54) is 18.4 Å². The fraction of sp³-hybridized carbons (Fsp3) is 0.400. The summed E-state index contributed by atoms with van der Waals surface area (Å²) in [7, 11) is 0. The van der Waals surface area contributed by atoms with Gasteiger partial charge in [0.25, 0.3) is 0 Å². The number of rotatable bonds is 6. The van der Waals surface area contributed by atoms with E-state index in [0.29, 0.717) is 17.9 Å². The summed E-state index contributed by atoms with van der Waals surface area (Å²) >= 11 is 0. The van der Waals surface area contributed by atoms with Gasteiger partial charge in [0.2, 0.25) is 0 Å². The van der Waals surface area contributed by atoms with Gasteiger partial charge in [-0.15, -0.1) is 0 Å². The lowest BCUT2D eigenvalue weighted by atomic mass is 9.92. The van der Waals surface area contributed by atoms with Crippen LogP contribution in [0.3, 0.4) is 0 Å². The molecule has 1 N–H and O–H groups in total. The van der Waals surface area contributed by atoms with E-state index in [9.17, 15) is 4.39 Å². The minimum atomic E-state index is -0.0840. The van der Waals surface area contributed by atoms with Crippen molar-refractivity contribution < 1.29 is 4.39 Å². The van der Waals surface area contributed by atoms with E-state index in [4.69, 9.17) is 0 Å². The van der Waals surface area contributed by atoms with Crippen LogP contribution in [0.15, 0.2) is 48.5 Å². The van der Waals surface area contributed by atoms with Crippen molar-refractivity contribution in [3.05, 3.63) is 71.0 Å². The molecule has 1 fully saturated rings. The molecule has 0 heterocycles. The molecule has 0 unspecified atom stereocenters. The Bertz CT molecular complexity index is 619. The van der Waals surface area contributed by atoms with Crippen LogP contribution >= 0.6 is 0 Å². The van der Waals surface area contributed by atoms with Crippen molar-refractivity contribution in [3.63, 3.8) is 0 Å². The van der Waals surface area contributed by atoms with Gasteiger partial charge in [0.15, 0.2) is 0 Å². The molecule has 2 aromatic rings. The second-order valence-corrected chi connectivity index (χ2v) is 6.49. The molecule has 0 spiro atoms. The van der Waals surface area contributed by atoms with Crippen molar-refractivity contribution in [1.29, 1.82) is 0 Å². The Kier molecular flexibility index (Phi) is 4.58. The summed E-state index contributed by atoms with van der Waals surface area (Å²) in [6.45, 7) is 4.92. The zero-order valence-corrected chi connectivity index (χ0v) is 13.4. The molecule has 0 amide bonds. The highest BCUT2D eigenvalue weighted by Crippen LogP contribution is 2.42. The first-order valence-electron chi connectivity index (χ1n) is 8.19. The third-order valence-electron chi connectivity index (χ3n) is 4.76. The monoisotopic (exact) mass is 297 g/mol. The maximum Gasteiger partial charge on any atom is 0.126 e. The van der Waals surface area contributed by atoms with Crippen LogP contribution in [0, 0.1) is 18.7 Å². The number of hydrogen-bond donors (Lipinski definition) is 1. The number of nitrogens with one attached hydrogen (secondary N) is 1. The highest BCUT2D eigenvalue weighted by atomic mass is 19.1. The van der Waals surface area contributed by atoms with E-state index >= 15 is 0 Å². The molecule has 22 heavy (non-hydrogen) atoms. The summed E-state index contributed by atoms with van der Waals surface area (Å²) in [5, 5.41) is 3.63. The van der Waals surface area contributed by atoms with E-state index in [1.807, 2.05) is 19.1 Å². The largest absolute Gasteiger partial charge is 0.310 e. The Hall–Kier alpha value is -1.67. The average molecular weight is 297 g/mol. The summed E-state index contributed by atoms with van der Waals surface area (Å²) < 4.78 is 13.9. The SMILES string of the molecule is Cc1ccc([C@@H](CN[C@@H](C)c2ccccc2)C2CC2)cc1F. The first-order valence-corrected chi connectivity index (χ1v) is 8.19. The number of aryl methyl sites for hydroxylation is 1. The maximum absolute atomic E-state index is 13.9. The van der Waals surface area contributed by atoms with Crippen LogP contribution in [-0.2, 0) is 0 Å². The van der Waals surface area contributed by atoms with Crippen LogP contribution in [0.1, 0.15) is 48.4 Å². The molecule has 0 radical (unpaired) electrons. The molecule has 0 aliphatic heterocycles. The summed E-state index contributed by atoms with van der Waals surface area (Å²) in [5.41, 5.74) is 3.16. The molecule has 1 saturated carbocycles. The van der Waals surface area contributed by atoms with E-state index in [0.717, 1.165) is 17.7 Å². The lowest BCUT2D eigenvalue weighted by Crippen LogP contribution is -2.26. The van der Waals surface area contributed by atoms with Gasteiger partial charge >= 0.3 is 0 Å². The van der Waals surface area contributed by atoms with E-state index < -0.39 is 0 Å². The fourth-order valence-electron chi connectivity index (χ4n) is 3.06. The molecule has 2 aromatic carbocycles. The first kappa shape index (κ1) is 15.2. The van der Waals surface area contributed by atoms with E-state index in [-0.39, 0.29) is 5.82 Å². The van der Waals surface area contributed by atoms with Crippen molar-refractivity contribution in [3.8, 4) is 0 Å². The maximum atomic E-state index is 13.9. The van der Waals surface area contributed by atoms with E-state index in [2.05, 4.69) is 42.6 Å². The number of halogens is 1. The van der Waals surface area contributed by atoms with E-state index in [1.54, 1.807) is 6.07 Å². The molecule has 1 aliphatic rings. The van der Waals surface area contributed by atoms with Crippen LogP contribution in [0.4, 0.5) is 4.39 Å². The second-order valence-electron chi connectivity index (χ2n) is 6.49. The van der Waals surface area contributed by atoms with Gasteiger partial charge in [-0.1, -0.05) is 42.5 Å².